The van der Waals surface area contributed by atoms with Crippen LogP contribution in [-0.4, -0.2) is 6.04 Å². The van der Waals surface area contributed by atoms with Gasteiger partial charge in [0, 0.05) is 16.2 Å². The fraction of sp³-hybridized carbons (Fsp3) is 0.538. The molecule has 0 radical (unpaired) electrons. The first-order valence-electron chi connectivity index (χ1n) is 5.89. The van der Waals surface area contributed by atoms with Crippen molar-refractivity contribution in [3.63, 3.8) is 0 Å². The van der Waals surface area contributed by atoms with Gasteiger partial charge in [0.1, 0.15) is 0 Å². The second-order valence-corrected chi connectivity index (χ2v) is 5.37. The predicted octanol–water partition coefficient (Wildman–Crippen LogP) is 5.31. The van der Waals surface area contributed by atoms with Crippen molar-refractivity contribution in [1.82, 2.24) is 0 Å². The van der Waals surface area contributed by atoms with Crippen molar-refractivity contribution in [3.05, 3.63) is 28.2 Å². The van der Waals surface area contributed by atoms with E-state index in [0.717, 1.165) is 18.6 Å². The summed E-state index contributed by atoms with van der Waals surface area (Å²) in [6.45, 7) is 6.22. The van der Waals surface area contributed by atoms with Gasteiger partial charge in [-0.05, 0) is 47.0 Å². The minimum absolute atomic E-state index is 0.211. The molecule has 0 aliphatic carbocycles. The molecule has 5 heteroatoms. The maximum Gasteiger partial charge on any atom is 0.416 e. The Labute approximate surface area is 114 Å². The highest BCUT2D eigenvalue weighted by Crippen LogP contribution is 2.34. The summed E-state index contributed by atoms with van der Waals surface area (Å²) < 4.78 is 37.9. The molecule has 0 bridgehead atoms. The van der Waals surface area contributed by atoms with Gasteiger partial charge in [-0.3, -0.25) is 0 Å². The summed E-state index contributed by atoms with van der Waals surface area (Å²) in [6, 6.07) is 3.87. The van der Waals surface area contributed by atoms with Crippen molar-refractivity contribution in [2.45, 2.75) is 39.4 Å². The lowest BCUT2D eigenvalue weighted by atomic mass is 10.0. The number of rotatable bonds is 4. The predicted molar refractivity (Wildman–Crippen MR) is 71.7 cm³/mol. The number of alkyl halides is 3. The molecule has 102 valence electrons. The van der Waals surface area contributed by atoms with Crippen molar-refractivity contribution in [1.29, 1.82) is 0 Å². The smallest absolute Gasteiger partial charge is 0.381 e. The van der Waals surface area contributed by atoms with Crippen LogP contribution in [0.1, 0.15) is 32.8 Å². The van der Waals surface area contributed by atoms with Crippen LogP contribution >= 0.6 is 15.9 Å². The van der Waals surface area contributed by atoms with Crippen LogP contribution in [-0.2, 0) is 6.18 Å². The Morgan fingerprint density at radius 3 is 2.33 bits per heavy atom. The van der Waals surface area contributed by atoms with Crippen LogP contribution in [0, 0.1) is 5.92 Å². The Morgan fingerprint density at radius 2 is 1.89 bits per heavy atom. The van der Waals surface area contributed by atoms with Crippen molar-refractivity contribution in [2.75, 3.05) is 5.32 Å². The van der Waals surface area contributed by atoms with Crippen LogP contribution in [0.4, 0.5) is 18.9 Å². The Hall–Kier alpha value is -0.710. The van der Waals surface area contributed by atoms with E-state index in [1.54, 1.807) is 0 Å². The highest BCUT2D eigenvalue weighted by atomic mass is 79.9. The second kappa shape index (κ2) is 5.95. The lowest BCUT2D eigenvalue weighted by Crippen LogP contribution is -2.23. The van der Waals surface area contributed by atoms with E-state index < -0.39 is 11.7 Å². The molecule has 0 fully saturated rings. The third-order valence-corrected chi connectivity index (χ3v) is 3.83. The number of halogens is 4. The van der Waals surface area contributed by atoms with E-state index >= 15 is 0 Å². The van der Waals surface area contributed by atoms with Gasteiger partial charge >= 0.3 is 6.18 Å². The average Bonchev–Trinajstić information content (AvgIpc) is 2.29. The Bertz CT molecular complexity index is 404. The summed E-state index contributed by atoms with van der Waals surface area (Å²) in [6.07, 6.45) is -3.28. The molecule has 2 unspecified atom stereocenters. The topological polar surface area (TPSA) is 12.0 Å². The van der Waals surface area contributed by atoms with E-state index in [0.29, 0.717) is 16.1 Å². The maximum absolute atomic E-state index is 12.5. The van der Waals surface area contributed by atoms with Gasteiger partial charge in [0.25, 0.3) is 0 Å². The molecular formula is C13H17BrF3N. The van der Waals surface area contributed by atoms with E-state index in [1.165, 1.54) is 6.07 Å². The van der Waals surface area contributed by atoms with E-state index in [-0.39, 0.29) is 6.04 Å². The third-order valence-electron chi connectivity index (χ3n) is 3.18. The molecule has 0 saturated heterocycles. The van der Waals surface area contributed by atoms with E-state index in [1.807, 2.05) is 6.92 Å². The molecule has 1 aromatic carbocycles. The van der Waals surface area contributed by atoms with Gasteiger partial charge in [-0.15, -0.1) is 0 Å². The standard InChI is InChI=1S/C13H17BrF3N/c1-4-8(2)9(3)18-12-6-5-10(7-11(12)14)13(15,16)17/h5-9,18H,4H2,1-3H3. The largest absolute Gasteiger partial charge is 0.416 e. The quantitative estimate of drug-likeness (QED) is 0.791. The molecule has 0 aliphatic rings. The Balaban J connectivity index is 2.87. The van der Waals surface area contributed by atoms with Gasteiger partial charge in [-0.1, -0.05) is 20.3 Å². The van der Waals surface area contributed by atoms with Crippen LogP contribution in [0.25, 0.3) is 0 Å². The number of hydrogen-bond acceptors (Lipinski definition) is 1. The molecule has 0 amide bonds. The first kappa shape index (κ1) is 15.3. The lowest BCUT2D eigenvalue weighted by Gasteiger charge is -2.22. The zero-order chi connectivity index (χ0) is 13.9. The maximum atomic E-state index is 12.5. The minimum Gasteiger partial charge on any atom is -0.381 e. The SMILES string of the molecule is CCC(C)C(C)Nc1ccc(C(F)(F)F)cc1Br. The summed E-state index contributed by atoms with van der Waals surface area (Å²) in [7, 11) is 0. The van der Waals surface area contributed by atoms with Crippen molar-refractivity contribution in [3.8, 4) is 0 Å². The summed E-state index contributed by atoms with van der Waals surface area (Å²) in [5.74, 6) is 0.458. The van der Waals surface area contributed by atoms with Crippen LogP contribution in [0.5, 0.6) is 0 Å². The lowest BCUT2D eigenvalue weighted by molar-refractivity contribution is -0.137. The molecule has 1 rings (SSSR count). The van der Waals surface area contributed by atoms with Crippen molar-refractivity contribution in [2.24, 2.45) is 5.92 Å². The molecule has 18 heavy (non-hydrogen) atoms. The van der Waals surface area contributed by atoms with Crippen LogP contribution in [0.3, 0.4) is 0 Å². The van der Waals surface area contributed by atoms with E-state index in [9.17, 15) is 13.2 Å². The molecule has 1 N–H and O–H groups in total. The fourth-order valence-corrected chi connectivity index (χ4v) is 2.04. The molecular weight excluding hydrogens is 307 g/mol. The van der Waals surface area contributed by atoms with Gasteiger partial charge in [0.2, 0.25) is 0 Å². The second-order valence-electron chi connectivity index (χ2n) is 4.51. The molecule has 0 aromatic heterocycles. The van der Waals surface area contributed by atoms with Gasteiger partial charge in [-0.25, -0.2) is 0 Å². The van der Waals surface area contributed by atoms with Crippen LogP contribution < -0.4 is 5.32 Å². The summed E-state index contributed by atoms with van der Waals surface area (Å²) >= 11 is 3.18. The third kappa shape index (κ3) is 3.90. The molecule has 1 aromatic rings. The summed E-state index contributed by atoms with van der Waals surface area (Å²) in [4.78, 5) is 0. The molecule has 1 nitrogen and oxygen atoms in total. The Morgan fingerprint density at radius 1 is 1.28 bits per heavy atom. The molecule has 0 heterocycles. The monoisotopic (exact) mass is 323 g/mol. The Kier molecular flexibility index (Phi) is 5.08. The van der Waals surface area contributed by atoms with Crippen LogP contribution in [0.2, 0.25) is 0 Å². The number of hydrogen-bond donors (Lipinski definition) is 1. The highest BCUT2D eigenvalue weighted by Gasteiger charge is 2.30. The minimum atomic E-state index is -4.30. The number of nitrogens with one attached hydrogen (secondary N) is 1. The summed E-state index contributed by atoms with van der Waals surface area (Å²) in [5.41, 5.74) is 0.0481. The average molecular weight is 324 g/mol. The number of anilines is 1. The van der Waals surface area contributed by atoms with Gasteiger partial charge < -0.3 is 5.32 Å². The normalized spacial score (nSPS) is 15.3. The van der Waals surface area contributed by atoms with Gasteiger partial charge in [-0.2, -0.15) is 13.2 Å². The molecule has 0 aliphatic heterocycles. The molecule has 0 saturated carbocycles. The highest BCUT2D eigenvalue weighted by molar-refractivity contribution is 9.10. The van der Waals surface area contributed by atoms with Gasteiger partial charge in [0.15, 0.2) is 0 Å². The summed E-state index contributed by atoms with van der Waals surface area (Å²) in [5, 5.41) is 3.23. The zero-order valence-electron chi connectivity index (χ0n) is 10.6. The first-order chi connectivity index (χ1) is 8.25. The van der Waals surface area contributed by atoms with E-state index in [4.69, 9.17) is 0 Å². The number of benzene rings is 1. The zero-order valence-corrected chi connectivity index (χ0v) is 12.2. The van der Waals surface area contributed by atoms with Crippen molar-refractivity contribution < 1.29 is 13.2 Å². The van der Waals surface area contributed by atoms with Gasteiger partial charge in [0.05, 0.1) is 5.56 Å². The first-order valence-corrected chi connectivity index (χ1v) is 6.68. The van der Waals surface area contributed by atoms with E-state index in [2.05, 4.69) is 35.1 Å². The fourth-order valence-electron chi connectivity index (χ4n) is 1.55. The molecule has 2 atom stereocenters. The van der Waals surface area contributed by atoms with Crippen LogP contribution in [0.15, 0.2) is 22.7 Å². The molecule has 0 spiro atoms. The van der Waals surface area contributed by atoms with Crippen molar-refractivity contribution >= 4 is 21.6 Å².